The number of likely N-dealkylation sites (tertiary alicyclic amines) is 1. The van der Waals surface area contributed by atoms with Crippen molar-refractivity contribution in [1.29, 1.82) is 0 Å². The highest BCUT2D eigenvalue weighted by Crippen LogP contribution is 2.27. The first-order valence-corrected chi connectivity index (χ1v) is 11.9. The smallest absolute Gasteiger partial charge is 0.337 e. The summed E-state index contributed by atoms with van der Waals surface area (Å²) in [5.74, 6) is -0.414. The molecule has 1 heterocycles. The van der Waals surface area contributed by atoms with E-state index in [-0.39, 0.29) is 6.54 Å². The number of esters is 1. The number of carbonyl (C=O) groups excluding carboxylic acids is 1. The number of carbonyl (C=O) groups is 1. The Labute approximate surface area is 179 Å². The fourth-order valence-corrected chi connectivity index (χ4v) is 5.44. The molecule has 7 heteroatoms. The fourth-order valence-electron chi connectivity index (χ4n) is 3.94. The molecule has 2 aromatic rings. The van der Waals surface area contributed by atoms with Gasteiger partial charge in [-0.2, -0.15) is 0 Å². The summed E-state index contributed by atoms with van der Waals surface area (Å²) >= 11 is 0. The molecule has 1 saturated heterocycles. The van der Waals surface area contributed by atoms with Gasteiger partial charge in [-0.25, -0.2) is 17.9 Å². The van der Waals surface area contributed by atoms with Crippen LogP contribution < -0.4 is 4.72 Å². The summed E-state index contributed by atoms with van der Waals surface area (Å²) in [6.07, 6.45) is 2.89. The van der Waals surface area contributed by atoms with E-state index in [2.05, 4.69) is 16.5 Å². The maximum Gasteiger partial charge on any atom is 0.337 e. The summed E-state index contributed by atoms with van der Waals surface area (Å²) in [5.41, 5.74) is 2.02. The highest BCUT2D eigenvalue weighted by atomic mass is 32.2. The van der Waals surface area contributed by atoms with Crippen LogP contribution in [0.1, 0.15) is 52.9 Å². The number of nitrogens with one attached hydrogen (secondary N) is 1. The van der Waals surface area contributed by atoms with Crippen LogP contribution in [0.5, 0.6) is 0 Å². The van der Waals surface area contributed by atoms with Gasteiger partial charge in [0.25, 0.3) is 0 Å². The molecule has 0 bridgehead atoms. The summed E-state index contributed by atoms with van der Waals surface area (Å²) in [6.45, 7) is 4.17. The van der Waals surface area contributed by atoms with Crippen molar-refractivity contribution in [2.45, 2.75) is 44.0 Å². The van der Waals surface area contributed by atoms with Gasteiger partial charge in [0, 0.05) is 19.1 Å². The lowest BCUT2D eigenvalue weighted by Crippen LogP contribution is -2.33. The molecule has 1 aliphatic heterocycles. The van der Waals surface area contributed by atoms with E-state index in [1.54, 1.807) is 24.3 Å². The molecule has 1 aliphatic rings. The van der Waals surface area contributed by atoms with E-state index in [4.69, 9.17) is 4.74 Å². The summed E-state index contributed by atoms with van der Waals surface area (Å²) in [7, 11) is -2.25. The van der Waals surface area contributed by atoms with Crippen LogP contribution in [-0.2, 0) is 21.3 Å². The molecule has 6 nitrogen and oxygen atoms in total. The second-order valence-corrected chi connectivity index (χ2v) is 9.72. The van der Waals surface area contributed by atoms with Crippen LogP contribution in [-0.4, -0.2) is 45.5 Å². The standard InChI is InChI=1S/C23H30N2O4S/c1-18-7-6-15-25(18)16-14-22(20-8-4-3-5-9-20)30(27,28)24-17-19-10-12-21(13-11-19)23(26)29-2/h3-5,8-13,18,22,24H,6-7,14-17H2,1-2H3/t18-,22-/m0/s1. The van der Waals surface area contributed by atoms with Crippen molar-refractivity contribution in [3.8, 4) is 0 Å². The van der Waals surface area contributed by atoms with Crippen LogP contribution in [0.3, 0.4) is 0 Å². The zero-order valence-electron chi connectivity index (χ0n) is 17.6. The SMILES string of the molecule is COC(=O)c1ccc(CNS(=O)(=O)[C@@H](CCN2CCC[C@@H]2C)c2ccccc2)cc1. The van der Waals surface area contributed by atoms with E-state index in [1.165, 1.54) is 20.0 Å². The van der Waals surface area contributed by atoms with Gasteiger partial charge < -0.3 is 9.64 Å². The number of hydrogen-bond acceptors (Lipinski definition) is 5. The molecule has 3 rings (SSSR count). The quantitative estimate of drug-likeness (QED) is 0.616. The van der Waals surface area contributed by atoms with Crippen molar-refractivity contribution < 1.29 is 17.9 Å². The molecule has 30 heavy (non-hydrogen) atoms. The number of hydrogen-bond donors (Lipinski definition) is 1. The van der Waals surface area contributed by atoms with Gasteiger partial charge in [-0.3, -0.25) is 0 Å². The Bertz CT molecular complexity index is 929. The molecular formula is C23H30N2O4S. The number of benzene rings is 2. The number of ether oxygens (including phenoxy) is 1. The lowest BCUT2D eigenvalue weighted by Gasteiger charge is -2.25. The molecule has 0 aromatic heterocycles. The fraction of sp³-hybridized carbons (Fsp3) is 0.435. The van der Waals surface area contributed by atoms with E-state index in [1.807, 2.05) is 30.3 Å². The minimum absolute atomic E-state index is 0.174. The Hall–Kier alpha value is -2.22. The van der Waals surface area contributed by atoms with E-state index in [0.29, 0.717) is 18.0 Å². The van der Waals surface area contributed by atoms with Gasteiger partial charge >= 0.3 is 5.97 Å². The summed E-state index contributed by atoms with van der Waals surface area (Å²) in [4.78, 5) is 13.9. The zero-order chi connectivity index (χ0) is 21.6. The third-order valence-electron chi connectivity index (χ3n) is 5.77. The monoisotopic (exact) mass is 430 g/mol. The van der Waals surface area contributed by atoms with E-state index >= 15 is 0 Å². The molecule has 0 unspecified atom stereocenters. The molecule has 0 spiro atoms. The third-order valence-corrected chi connectivity index (χ3v) is 7.57. The van der Waals surface area contributed by atoms with Crippen LogP contribution in [0.2, 0.25) is 0 Å². The van der Waals surface area contributed by atoms with Crippen molar-refractivity contribution in [2.24, 2.45) is 0 Å². The Morgan fingerprint density at radius 3 is 2.47 bits per heavy atom. The van der Waals surface area contributed by atoms with E-state index in [9.17, 15) is 13.2 Å². The predicted molar refractivity (Wildman–Crippen MR) is 118 cm³/mol. The lowest BCUT2D eigenvalue weighted by atomic mass is 10.1. The molecule has 1 fully saturated rings. The van der Waals surface area contributed by atoms with Crippen molar-refractivity contribution >= 4 is 16.0 Å². The molecule has 2 atom stereocenters. The molecular weight excluding hydrogens is 400 g/mol. The van der Waals surface area contributed by atoms with Crippen molar-refractivity contribution in [1.82, 2.24) is 9.62 Å². The lowest BCUT2D eigenvalue weighted by molar-refractivity contribution is 0.0600. The van der Waals surface area contributed by atoms with Crippen LogP contribution in [0, 0.1) is 0 Å². The second kappa shape index (κ2) is 10.2. The molecule has 0 saturated carbocycles. The average molecular weight is 431 g/mol. The summed E-state index contributed by atoms with van der Waals surface area (Å²) in [5, 5.41) is -0.610. The van der Waals surface area contributed by atoms with Crippen molar-refractivity contribution in [3.63, 3.8) is 0 Å². The van der Waals surface area contributed by atoms with Crippen molar-refractivity contribution in [3.05, 3.63) is 71.3 Å². The number of sulfonamides is 1. The molecule has 0 radical (unpaired) electrons. The third kappa shape index (κ3) is 5.68. The number of rotatable bonds is 9. The maximum atomic E-state index is 13.2. The van der Waals surface area contributed by atoms with Crippen molar-refractivity contribution in [2.75, 3.05) is 20.2 Å². The summed E-state index contributed by atoms with van der Waals surface area (Å²) in [6, 6.07) is 16.7. The summed E-state index contributed by atoms with van der Waals surface area (Å²) < 4.78 is 33.9. The minimum Gasteiger partial charge on any atom is -0.465 e. The minimum atomic E-state index is -3.58. The molecule has 2 aromatic carbocycles. The Morgan fingerprint density at radius 1 is 1.17 bits per heavy atom. The second-order valence-electron chi connectivity index (χ2n) is 7.77. The predicted octanol–water partition coefficient (Wildman–Crippen LogP) is 3.51. The Morgan fingerprint density at radius 2 is 1.87 bits per heavy atom. The molecule has 1 N–H and O–H groups in total. The number of methoxy groups -OCH3 is 1. The molecule has 0 aliphatic carbocycles. The number of nitrogens with zero attached hydrogens (tertiary/aromatic N) is 1. The first-order valence-electron chi connectivity index (χ1n) is 10.4. The maximum absolute atomic E-state index is 13.2. The molecule has 162 valence electrons. The van der Waals surface area contributed by atoms with Gasteiger partial charge in [-0.1, -0.05) is 42.5 Å². The highest BCUT2D eigenvalue weighted by Gasteiger charge is 2.29. The normalized spacial score (nSPS) is 18.3. The van der Waals surface area contributed by atoms with Crippen LogP contribution >= 0.6 is 0 Å². The van der Waals surface area contributed by atoms with Gasteiger partial charge in [0.05, 0.1) is 12.7 Å². The largest absolute Gasteiger partial charge is 0.465 e. The van der Waals surface area contributed by atoms with Crippen LogP contribution in [0.25, 0.3) is 0 Å². The van der Waals surface area contributed by atoms with Gasteiger partial charge in [-0.15, -0.1) is 0 Å². The Kier molecular flexibility index (Phi) is 7.64. The van der Waals surface area contributed by atoms with Crippen LogP contribution in [0.15, 0.2) is 54.6 Å². The first-order chi connectivity index (χ1) is 14.4. The molecule has 0 amide bonds. The van der Waals surface area contributed by atoms with Crippen LogP contribution in [0.4, 0.5) is 0 Å². The first kappa shape index (κ1) is 22.5. The highest BCUT2D eigenvalue weighted by molar-refractivity contribution is 7.89. The van der Waals surface area contributed by atoms with Gasteiger partial charge in [0.1, 0.15) is 5.25 Å². The van der Waals surface area contributed by atoms with Gasteiger partial charge in [0.15, 0.2) is 0 Å². The average Bonchev–Trinajstić information content (AvgIpc) is 3.17. The van der Waals surface area contributed by atoms with Gasteiger partial charge in [0.2, 0.25) is 10.0 Å². The topological polar surface area (TPSA) is 75.7 Å². The van der Waals surface area contributed by atoms with E-state index in [0.717, 1.165) is 24.2 Å². The Balaban J connectivity index is 1.70. The van der Waals surface area contributed by atoms with E-state index < -0.39 is 21.2 Å². The van der Waals surface area contributed by atoms with Gasteiger partial charge in [-0.05, 0) is 56.0 Å². The zero-order valence-corrected chi connectivity index (χ0v) is 18.4.